The Labute approximate surface area is 154 Å². The summed E-state index contributed by atoms with van der Waals surface area (Å²) in [6, 6.07) is 6.31. The third kappa shape index (κ3) is 3.67. The number of hydrogen-bond acceptors (Lipinski definition) is 6. The number of esters is 1. The topological polar surface area (TPSA) is 121 Å². The number of para-hydroxylation sites is 1. The maximum atomic E-state index is 12.1. The van der Waals surface area contributed by atoms with E-state index in [4.69, 9.17) is 4.74 Å². The molecule has 2 aromatic rings. The molecule has 0 unspecified atom stereocenters. The van der Waals surface area contributed by atoms with Crippen molar-refractivity contribution in [3.05, 3.63) is 40.4 Å². The van der Waals surface area contributed by atoms with Gasteiger partial charge >= 0.3 is 12.0 Å². The molecule has 1 saturated heterocycles. The molecular formula is C18H20N4O5. The largest absolute Gasteiger partial charge is 0.454 e. The van der Waals surface area contributed by atoms with Crippen LogP contribution >= 0.6 is 0 Å². The number of fused-ring (bicyclic) bond motifs is 1. The van der Waals surface area contributed by atoms with E-state index in [-0.39, 0.29) is 24.3 Å². The van der Waals surface area contributed by atoms with Gasteiger partial charge in [-0.3, -0.25) is 19.3 Å². The molecule has 0 radical (unpaired) electrons. The highest BCUT2D eigenvalue weighted by molar-refractivity contribution is 6.06. The first-order chi connectivity index (χ1) is 12.7. The van der Waals surface area contributed by atoms with Gasteiger partial charge in [0.05, 0.1) is 17.3 Å². The molecule has 1 fully saturated rings. The summed E-state index contributed by atoms with van der Waals surface area (Å²) in [6.07, 6.45) is -0.938. The number of amides is 3. The summed E-state index contributed by atoms with van der Waals surface area (Å²) in [5.41, 5.74) is -0.802. The number of hydrogen-bond donors (Lipinski definition) is 2. The first-order valence-electron chi connectivity index (χ1n) is 8.51. The normalized spacial score (nSPS) is 17.1. The van der Waals surface area contributed by atoms with Crippen molar-refractivity contribution in [2.75, 3.05) is 6.54 Å². The maximum Gasteiger partial charge on any atom is 0.325 e. The van der Waals surface area contributed by atoms with Crippen molar-refractivity contribution < 1.29 is 19.1 Å². The van der Waals surface area contributed by atoms with E-state index >= 15 is 0 Å². The Morgan fingerprint density at radius 1 is 1.26 bits per heavy atom. The van der Waals surface area contributed by atoms with Crippen molar-refractivity contribution in [1.29, 1.82) is 0 Å². The Hall–Kier alpha value is -3.23. The number of carbonyl (C=O) groups excluding carboxylic acids is 3. The molecule has 0 aliphatic carbocycles. The van der Waals surface area contributed by atoms with E-state index < -0.39 is 29.6 Å². The second-order valence-electron chi connectivity index (χ2n) is 6.86. The van der Waals surface area contributed by atoms with Gasteiger partial charge in [-0.1, -0.05) is 12.1 Å². The van der Waals surface area contributed by atoms with Gasteiger partial charge in [0, 0.05) is 6.54 Å². The highest BCUT2D eigenvalue weighted by Gasteiger charge is 2.44. The monoisotopic (exact) mass is 372 g/mol. The van der Waals surface area contributed by atoms with Crippen LogP contribution in [-0.2, 0) is 14.3 Å². The Morgan fingerprint density at radius 2 is 1.96 bits per heavy atom. The molecule has 27 heavy (non-hydrogen) atoms. The first kappa shape index (κ1) is 18.6. The second kappa shape index (κ2) is 6.82. The van der Waals surface area contributed by atoms with Crippen LogP contribution in [0.1, 0.15) is 39.1 Å². The molecule has 0 saturated carbocycles. The molecule has 1 aliphatic heterocycles. The van der Waals surface area contributed by atoms with E-state index in [0.29, 0.717) is 10.9 Å². The average Bonchev–Trinajstić information content (AvgIpc) is 2.80. The van der Waals surface area contributed by atoms with Gasteiger partial charge in [0.1, 0.15) is 5.54 Å². The van der Waals surface area contributed by atoms with Gasteiger partial charge in [0.15, 0.2) is 11.9 Å². The number of H-pyrrole nitrogens is 1. The van der Waals surface area contributed by atoms with Crippen LogP contribution in [0.5, 0.6) is 0 Å². The second-order valence-corrected chi connectivity index (χ2v) is 6.86. The number of aromatic amines is 1. The van der Waals surface area contributed by atoms with E-state index in [1.54, 1.807) is 45.0 Å². The number of imide groups is 1. The van der Waals surface area contributed by atoms with Crippen LogP contribution in [0.25, 0.3) is 10.9 Å². The number of ether oxygens (including phenoxy) is 1. The van der Waals surface area contributed by atoms with E-state index in [1.165, 1.54) is 0 Å². The quantitative estimate of drug-likeness (QED) is 0.602. The lowest BCUT2D eigenvalue weighted by atomic mass is 10.1. The molecular weight excluding hydrogens is 352 g/mol. The molecule has 2 heterocycles. The van der Waals surface area contributed by atoms with Crippen molar-refractivity contribution >= 4 is 28.8 Å². The van der Waals surface area contributed by atoms with Crippen LogP contribution in [0.4, 0.5) is 4.79 Å². The minimum atomic E-state index is -0.983. The van der Waals surface area contributed by atoms with Gasteiger partial charge in [-0.15, -0.1) is 0 Å². The lowest BCUT2D eigenvalue weighted by molar-refractivity contribution is -0.149. The molecule has 3 amide bonds. The molecule has 3 rings (SSSR count). The Bertz CT molecular complexity index is 981. The number of nitrogens with one attached hydrogen (secondary N) is 2. The van der Waals surface area contributed by atoms with Crippen molar-refractivity contribution in [3.63, 3.8) is 0 Å². The average molecular weight is 372 g/mol. The number of aromatic nitrogens is 2. The Morgan fingerprint density at radius 3 is 2.63 bits per heavy atom. The van der Waals surface area contributed by atoms with Gasteiger partial charge in [-0.25, -0.2) is 9.78 Å². The number of carbonyl (C=O) groups is 3. The molecule has 0 spiro atoms. The highest BCUT2D eigenvalue weighted by Crippen LogP contribution is 2.18. The van der Waals surface area contributed by atoms with E-state index in [0.717, 1.165) is 4.90 Å². The standard InChI is InChI=1S/C18H20N4O5/c1-10(14-19-12-7-5-4-6-11(12)15(24)20-14)27-13(23)8-9-22-16(25)18(2,3)21-17(22)26/h4-7,10H,8-9H2,1-3H3,(H,21,26)(H,19,20,24)/t10-/m1/s1. The van der Waals surface area contributed by atoms with E-state index in [2.05, 4.69) is 15.3 Å². The number of rotatable bonds is 5. The predicted octanol–water partition coefficient (Wildman–Crippen LogP) is 1.25. The zero-order valence-corrected chi connectivity index (χ0v) is 15.2. The minimum absolute atomic E-state index is 0.0820. The molecule has 1 atom stereocenters. The molecule has 0 bridgehead atoms. The summed E-state index contributed by atoms with van der Waals surface area (Å²) >= 11 is 0. The first-order valence-corrected chi connectivity index (χ1v) is 8.51. The van der Waals surface area contributed by atoms with Crippen molar-refractivity contribution in [3.8, 4) is 0 Å². The molecule has 142 valence electrons. The number of urea groups is 1. The summed E-state index contributed by atoms with van der Waals surface area (Å²) in [5, 5.41) is 2.99. The fourth-order valence-corrected chi connectivity index (χ4v) is 2.83. The van der Waals surface area contributed by atoms with Crippen LogP contribution in [-0.4, -0.2) is 44.9 Å². The van der Waals surface area contributed by atoms with Crippen LogP contribution in [0, 0.1) is 0 Å². The molecule has 1 aliphatic rings. The molecule has 9 heteroatoms. The van der Waals surface area contributed by atoms with Gasteiger partial charge in [-0.2, -0.15) is 0 Å². The maximum absolute atomic E-state index is 12.1. The lowest BCUT2D eigenvalue weighted by Gasteiger charge is -2.16. The van der Waals surface area contributed by atoms with Gasteiger partial charge < -0.3 is 15.0 Å². The molecule has 9 nitrogen and oxygen atoms in total. The van der Waals surface area contributed by atoms with Crippen LogP contribution in [0.3, 0.4) is 0 Å². The summed E-state index contributed by atoms with van der Waals surface area (Å²) in [7, 11) is 0. The fraction of sp³-hybridized carbons (Fsp3) is 0.389. The van der Waals surface area contributed by atoms with Gasteiger partial charge in [0.25, 0.3) is 11.5 Å². The molecule has 1 aromatic carbocycles. The SMILES string of the molecule is C[C@@H](OC(=O)CCN1C(=O)NC(C)(C)C1=O)c1nc2ccccc2c(=O)[nH]1. The van der Waals surface area contributed by atoms with Crippen LogP contribution in [0.15, 0.2) is 29.1 Å². The zero-order valence-electron chi connectivity index (χ0n) is 15.2. The zero-order chi connectivity index (χ0) is 19.8. The van der Waals surface area contributed by atoms with Gasteiger partial charge in [0.2, 0.25) is 0 Å². The summed E-state index contributed by atoms with van der Waals surface area (Å²) in [4.78, 5) is 56.0. The predicted molar refractivity (Wildman–Crippen MR) is 95.8 cm³/mol. The van der Waals surface area contributed by atoms with E-state index in [9.17, 15) is 19.2 Å². The molecule has 2 N–H and O–H groups in total. The van der Waals surface area contributed by atoms with Crippen molar-refractivity contribution in [2.45, 2.75) is 38.8 Å². The Kier molecular flexibility index (Phi) is 4.69. The van der Waals surface area contributed by atoms with Gasteiger partial charge in [-0.05, 0) is 32.9 Å². The third-order valence-corrected chi connectivity index (χ3v) is 4.31. The summed E-state index contributed by atoms with van der Waals surface area (Å²) in [6.45, 7) is 4.69. The summed E-state index contributed by atoms with van der Waals surface area (Å²) in [5.74, 6) is -0.777. The van der Waals surface area contributed by atoms with Crippen LogP contribution in [0.2, 0.25) is 0 Å². The summed E-state index contributed by atoms with van der Waals surface area (Å²) < 4.78 is 5.28. The van der Waals surface area contributed by atoms with Crippen LogP contribution < -0.4 is 10.9 Å². The lowest BCUT2D eigenvalue weighted by Crippen LogP contribution is -2.40. The Balaban J connectivity index is 1.64. The third-order valence-electron chi connectivity index (χ3n) is 4.31. The van der Waals surface area contributed by atoms with Crippen molar-refractivity contribution in [2.24, 2.45) is 0 Å². The fourth-order valence-electron chi connectivity index (χ4n) is 2.83. The number of benzene rings is 1. The number of nitrogens with zero attached hydrogens (tertiary/aromatic N) is 2. The minimum Gasteiger partial charge on any atom is -0.454 e. The molecule has 1 aromatic heterocycles. The highest BCUT2D eigenvalue weighted by atomic mass is 16.5. The van der Waals surface area contributed by atoms with E-state index in [1.807, 2.05) is 0 Å². The smallest absolute Gasteiger partial charge is 0.325 e. The van der Waals surface area contributed by atoms with Crippen molar-refractivity contribution in [1.82, 2.24) is 20.2 Å².